The van der Waals surface area contributed by atoms with E-state index in [1.54, 1.807) is 36.4 Å². The minimum atomic E-state index is -1.02. The van der Waals surface area contributed by atoms with Crippen molar-refractivity contribution in [1.29, 1.82) is 0 Å². The summed E-state index contributed by atoms with van der Waals surface area (Å²) in [4.78, 5) is 25.8. The monoisotopic (exact) mass is 362 g/mol. The summed E-state index contributed by atoms with van der Waals surface area (Å²) in [5.41, 5.74) is 2.62. The first-order valence-corrected chi connectivity index (χ1v) is 8.32. The molecule has 0 aliphatic carbocycles. The predicted molar refractivity (Wildman–Crippen MR) is 99.4 cm³/mol. The molecular formula is C21H15FN2O3. The normalized spacial score (nSPS) is 15.8. The fourth-order valence-corrected chi connectivity index (χ4v) is 3.16. The summed E-state index contributed by atoms with van der Waals surface area (Å²) in [5, 5.41) is 12.4. The van der Waals surface area contributed by atoms with Gasteiger partial charge in [0.05, 0.1) is 11.1 Å². The highest BCUT2D eigenvalue weighted by atomic mass is 19.1. The van der Waals surface area contributed by atoms with Crippen LogP contribution in [0.3, 0.4) is 0 Å². The van der Waals surface area contributed by atoms with Crippen molar-refractivity contribution in [3.8, 4) is 0 Å². The molecule has 0 saturated carbocycles. The third-order valence-electron chi connectivity index (χ3n) is 4.50. The molecule has 1 atom stereocenters. The van der Waals surface area contributed by atoms with Crippen LogP contribution in [0.2, 0.25) is 0 Å². The fourth-order valence-electron chi connectivity index (χ4n) is 3.16. The molecule has 0 fully saturated rings. The lowest BCUT2D eigenvalue weighted by Gasteiger charge is -2.38. The second kappa shape index (κ2) is 6.57. The standard InChI is InChI=1S/C21H15FN2O3/c22-15-9-11-16(12-10-15)24-19(13-5-7-14(8-6-13)21(26)27)23-18-4-2-1-3-17(18)20(24)25/h1-12,19,23H,(H,26,27). The number of amides is 1. The summed E-state index contributed by atoms with van der Waals surface area (Å²) < 4.78 is 13.4. The van der Waals surface area contributed by atoms with E-state index < -0.39 is 12.1 Å². The third kappa shape index (κ3) is 3.01. The maximum Gasteiger partial charge on any atom is 0.335 e. The lowest BCUT2D eigenvalue weighted by molar-refractivity contribution is 0.0696. The number of anilines is 2. The zero-order valence-electron chi connectivity index (χ0n) is 14.1. The molecule has 0 saturated heterocycles. The van der Waals surface area contributed by atoms with E-state index in [4.69, 9.17) is 5.11 Å². The number of para-hydroxylation sites is 1. The average molecular weight is 362 g/mol. The number of hydrogen-bond acceptors (Lipinski definition) is 3. The summed E-state index contributed by atoms with van der Waals surface area (Å²) in [7, 11) is 0. The molecule has 0 spiro atoms. The van der Waals surface area contributed by atoms with Gasteiger partial charge in [-0.2, -0.15) is 0 Å². The summed E-state index contributed by atoms with van der Waals surface area (Å²) in [5.74, 6) is -1.63. The highest BCUT2D eigenvalue weighted by Gasteiger charge is 2.34. The van der Waals surface area contributed by atoms with Crippen LogP contribution in [0.15, 0.2) is 72.8 Å². The lowest BCUT2D eigenvalue weighted by Crippen LogP contribution is -2.43. The van der Waals surface area contributed by atoms with Gasteiger partial charge in [0.15, 0.2) is 0 Å². The first-order chi connectivity index (χ1) is 13.0. The van der Waals surface area contributed by atoms with Gasteiger partial charge in [-0.05, 0) is 54.1 Å². The smallest absolute Gasteiger partial charge is 0.335 e. The van der Waals surface area contributed by atoms with E-state index in [0.29, 0.717) is 22.5 Å². The van der Waals surface area contributed by atoms with Gasteiger partial charge >= 0.3 is 5.97 Å². The molecule has 6 heteroatoms. The van der Waals surface area contributed by atoms with Gasteiger partial charge in [-0.15, -0.1) is 0 Å². The maximum absolute atomic E-state index is 13.4. The highest BCUT2D eigenvalue weighted by Crippen LogP contribution is 2.36. The van der Waals surface area contributed by atoms with E-state index in [1.807, 2.05) is 12.1 Å². The second-order valence-electron chi connectivity index (χ2n) is 6.17. The van der Waals surface area contributed by atoms with Gasteiger partial charge in [-0.3, -0.25) is 9.69 Å². The van der Waals surface area contributed by atoms with Crippen LogP contribution in [0.5, 0.6) is 0 Å². The molecule has 5 nitrogen and oxygen atoms in total. The van der Waals surface area contributed by atoms with Crippen LogP contribution in [0.1, 0.15) is 32.4 Å². The molecule has 4 rings (SSSR count). The van der Waals surface area contributed by atoms with E-state index in [-0.39, 0.29) is 17.3 Å². The zero-order chi connectivity index (χ0) is 19.0. The van der Waals surface area contributed by atoms with Gasteiger partial charge in [0, 0.05) is 11.4 Å². The minimum Gasteiger partial charge on any atom is -0.478 e. The van der Waals surface area contributed by atoms with E-state index in [9.17, 15) is 14.0 Å². The molecule has 1 amide bonds. The number of rotatable bonds is 3. The molecule has 3 aromatic rings. The van der Waals surface area contributed by atoms with Crippen LogP contribution in [0, 0.1) is 5.82 Å². The van der Waals surface area contributed by atoms with Crippen molar-refractivity contribution >= 4 is 23.3 Å². The van der Waals surface area contributed by atoms with Crippen molar-refractivity contribution in [2.24, 2.45) is 0 Å². The number of benzene rings is 3. The van der Waals surface area contributed by atoms with Crippen molar-refractivity contribution < 1.29 is 19.1 Å². The number of carboxylic acids is 1. The van der Waals surface area contributed by atoms with Gasteiger partial charge in [0.1, 0.15) is 12.0 Å². The Morgan fingerprint density at radius 2 is 1.63 bits per heavy atom. The van der Waals surface area contributed by atoms with E-state index in [0.717, 1.165) is 0 Å². The molecule has 3 aromatic carbocycles. The van der Waals surface area contributed by atoms with Crippen LogP contribution >= 0.6 is 0 Å². The van der Waals surface area contributed by atoms with E-state index >= 15 is 0 Å². The van der Waals surface area contributed by atoms with E-state index in [1.165, 1.54) is 29.2 Å². The summed E-state index contributed by atoms with van der Waals surface area (Å²) in [6.07, 6.45) is -0.555. The van der Waals surface area contributed by atoms with Crippen molar-refractivity contribution in [3.63, 3.8) is 0 Å². The summed E-state index contributed by atoms with van der Waals surface area (Å²) in [6.45, 7) is 0. The maximum atomic E-state index is 13.4. The molecule has 1 unspecified atom stereocenters. The molecule has 0 bridgehead atoms. The van der Waals surface area contributed by atoms with Crippen LogP contribution in [-0.4, -0.2) is 17.0 Å². The number of halogens is 1. The fraction of sp³-hybridized carbons (Fsp3) is 0.0476. The van der Waals surface area contributed by atoms with Crippen molar-refractivity contribution in [3.05, 3.63) is 95.3 Å². The Morgan fingerprint density at radius 3 is 2.30 bits per heavy atom. The molecule has 1 aliphatic rings. The zero-order valence-corrected chi connectivity index (χ0v) is 14.1. The van der Waals surface area contributed by atoms with Crippen LogP contribution in [0.4, 0.5) is 15.8 Å². The minimum absolute atomic E-state index is 0.162. The van der Waals surface area contributed by atoms with E-state index in [2.05, 4.69) is 5.32 Å². The third-order valence-corrected chi connectivity index (χ3v) is 4.50. The number of aromatic carboxylic acids is 1. The number of hydrogen-bond donors (Lipinski definition) is 2. The summed E-state index contributed by atoms with van der Waals surface area (Å²) in [6, 6.07) is 19.2. The Bertz CT molecular complexity index is 1020. The van der Waals surface area contributed by atoms with Crippen molar-refractivity contribution in [2.75, 3.05) is 10.2 Å². The van der Waals surface area contributed by atoms with Crippen LogP contribution in [0.25, 0.3) is 0 Å². The molecule has 0 aromatic heterocycles. The number of carboxylic acid groups (broad SMARTS) is 1. The molecule has 2 N–H and O–H groups in total. The van der Waals surface area contributed by atoms with Gasteiger partial charge in [0.2, 0.25) is 0 Å². The number of fused-ring (bicyclic) bond motifs is 1. The number of nitrogens with one attached hydrogen (secondary N) is 1. The Morgan fingerprint density at radius 1 is 0.963 bits per heavy atom. The van der Waals surface area contributed by atoms with Crippen molar-refractivity contribution in [1.82, 2.24) is 0 Å². The Hall–Kier alpha value is -3.67. The number of carbonyl (C=O) groups is 2. The molecular weight excluding hydrogens is 347 g/mol. The molecule has 0 radical (unpaired) electrons. The van der Waals surface area contributed by atoms with Gasteiger partial charge in [-0.1, -0.05) is 24.3 Å². The molecule has 1 heterocycles. The number of carbonyl (C=O) groups excluding carboxylic acids is 1. The quantitative estimate of drug-likeness (QED) is 0.729. The largest absolute Gasteiger partial charge is 0.478 e. The first kappa shape index (κ1) is 16.8. The van der Waals surface area contributed by atoms with Gasteiger partial charge in [-0.25, -0.2) is 9.18 Å². The molecule has 134 valence electrons. The Kier molecular flexibility index (Phi) is 4.08. The molecule has 1 aliphatic heterocycles. The van der Waals surface area contributed by atoms with Crippen LogP contribution < -0.4 is 10.2 Å². The second-order valence-corrected chi connectivity index (χ2v) is 6.17. The average Bonchev–Trinajstić information content (AvgIpc) is 2.69. The Labute approximate surface area is 154 Å². The lowest BCUT2D eigenvalue weighted by atomic mass is 10.0. The molecule has 27 heavy (non-hydrogen) atoms. The predicted octanol–water partition coefficient (Wildman–Crippen LogP) is 4.30. The van der Waals surface area contributed by atoms with Crippen LogP contribution in [-0.2, 0) is 0 Å². The topological polar surface area (TPSA) is 69.6 Å². The number of nitrogens with zero attached hydrogens (tertiary/aromatic N) is 1. The summed E-state index contributed by atoms with van der Waals surface area (Å²) >= 11 is 0. The van der Waals surface area contributed by atoms with Gasteiger partial charge in [0.25, 0.3) is 5.91 Å². The van der Waals surface area contributed by atoms with Gasteiger partial charge < -0.3 is 10.4 Å². The van der Waals surface area contributed by atoms with Crippen molar-refractivity contribution in [2.45, 2.75) is 6.17 Å². The Balaban J connectivity index is 1.82. The first-order valence-electron chi connectivity index (χ1n) is 8.32. The SMILES string of the molecule is O=C(O)c1ccc(C2Nc3ccccc3C(=O)N2c2ccc(F)cc2)cc1. The highest BCUT2D eigenvalue weighted by molar-refractivity contribution is 6.12.